The molecule has 19 rings (SSSR count). The molecule has 13 aromatic rings. The van der Waals surface area contributed by atoms with Crippen LogP contribution >= 0.6 is 0 Å². The Hall–Kier alpha value is -11.4. The van der Waals surface area contributed by atoms with Crippen LogP contribution in [0.1, 0.15) is 276 Å². The van der Waals surface area contributed by atoms with E-state index in [9.17, 15) is 0 Å². The summed E-state index contributed by atoms with van der Waals surface area (Å²) in [6, 6.07) is 108. The third kappa shape index (κ3) is 59.8. The minimum Gasteiger partial charge on any atom is -0.0805 e. The quantitative estimate of drug-likeness (QED) is 0.122. The molecule has 0 N–H and O–H groups in total. The Morgan fingerprint density at radius 1 is 0.244 bits per heavy atom. The van der Waals surface area contributed by atoms with Crippen molar-refractivity contribution in [2.75, 3.05) is 0 Å². The fraction of sp³-hybridized carbons (Fsp3) is 0.348. The summed E-state index contributed by atoms with van der Waals surface area (Å²) in [6.45, 7) is 58.8. The first-order valence-electron chi connectivity index (χ1n) is 48.5. The van der Waals surface area contributed by atoms with Crippen molar-refractivity contribution >= 4 is 72.1 Å². The lowest BCUT2D eigenvalue weighted by molar-refractivity contribution is 0.736. The maximum Gasteiger partial charge on any atom is 0.0204 e. The second kappa shape index (κ2) is 76.8. The third-order valence-electron chi connectivity index (χ3n) is 18.9. The van der Waals surface area contributed by atoms with Gasteiger partial charge in [-0.2, -0.15) is 0 Å². The highest BCUT2D eigenvalue weighted by atomic mass is 14.1. The van der Waals surface area contributed by atoms with E-state index >= 15 is 0 Å². The van der Waals surface area contributed by atoms with E-state index in [1.165, 1.54) is 110 Å². The Balaban J connectivity index is -0.00000139. The lowest BCUT2D eigenvalue weighted by Crippen LogP contribution is -2.19. The minimum absolute atomic E-state index is 0. The van der Waals surface area contributed by atoms with Crippen molar-refractivity contribution in [3.63, 3.8) is 0 Å². The third-order valence-corrected chi connectivity index (χ3v) is 18.9. The summed E-state index contributed by atoms with van der Waals surface area (Å²) < 4.78 is 0. The molecule has 0 aromatic heterocycles. The molecule has 0 radical (unpaired) electrons. The molecule has 0 fully saturated rings. The van der Waals surface area contributed by atoms with Crippen molar-refractivity contribution in [3.05, 3.63) is 449 Å². The van der Waals surface area contributed by atoms with Gasteiger partial charge in [-0.05, 0) is 202 Å². The monoisotopic (exact) mass is 1810 g/mol. The van der Waals surface area contributed by atoms with E-state index in [-0.39, 0.29) is 37.1 Å². The zero-order chi connectivity index (χ0) is 95.8. The van der Waals surface area contributed by atoms with Gasteiger partial charge in [-0.25, -0.2) is 0 Å². The number of hydrogen-bond acceptors (Lipinski definition) is 0. The summed E-state index contributed by atoms with van der Waals surface area (Å²) in [5, 5.41) is 15.9. The van der Waals surface area contributed by atoms with Gasteiger partial charge in [0.15, 0.2) is 0 Å². The van der Waals surface area contributed by atoms with Crippen LogP contribution in [0.4, 0.5) is 0 Å². The van der Waals surface area contributed by atoms with Crippen LogP contribution in [-0.4, -0.2) is 0 Å². The molecule has 0 nitrogen and oxygen atoms in total. The lowest BCUT2D eigenvalue weighted by atomic mass is 9.99. The van der Waals surface area contributed by atoms with Gasteiger partial charge in [-0.1, -0.05) is 629 Å². The smallest absolute Gasteiger partial charge is 0.0204 e. The Morgan fingerprint density at radius 2 is 0.585 bits per heavy atom. The van der Waals surface area contributed by atoms with Gasteiger partial charge in [-0.3, -0.25) is 0 Å². The van der Waals surface area contributed by atoms with Crippen LogP contribution in [-0.2, 0) is 6.42 Å². The number of hydrogen-bond donors (Lipinski definition) is 0. The van der Waals surface area contributed by atoms with E-state index in [2.05, 4.69) is 569 Å². The van der Waals surface area contributed by atoms with Gasteiger partial charge >= 0.3 is 0 Å². The predicted molar refractivity (Wildman–Crippen MR) is 627 cm³/mol. The zero-order valence-electron chi connectivity index (χ0n) is 85.4. The van der Waals surface area contributed by atoms with Crippen LogP contribution in [0.3, 0.4) is 0 Å². The van der Waals surface area contributed by atoms with Crippen LogP contribution in [0.25, 0.3) is 72.1 Å². The van der Waals surface area contributed by atoms with Crippen LogP contribution in [0.2, 0.25) is 0 Å². The standard InChI is InChI=1S/2C14H10.C10H8.3C9H8.2C9H12.2C8H12.C7H8.6C4H10.5CH4/c1-3-7-13-11(5-1)9-10-12-6-2-4-8-14(12)13;1-2-6-12-10-14-8-4-3-7-13(14)9-11(12)5-1;1-2-6-10-8-4-3-7-9(10)5-1;3*1-2-5-9-7-3-6-8(9)4-1;2*1-8(2)9-6-4-3-5-7-9;2*1-7(2)8-5-3-4-6-8;1-7-5-3-2-4-6-7;6*1-4(2)3;;;;;/h2*1-10H;1-8H;1-2,4-7H,3H2;1-6H,7H2;1-8H;2*3-8H,1-2H3;3,5-7H,4H2,1-2H3;3-5,7H,6H2,1-2H3;2-6H,1H3;6*4H,1-3H3;5*1H4. The van der Waals surface area contributed by atoms with Gasteiger partial charge in [0, 0.05) is 5.92 Å². The molecular weight excluding hydrogens is 1620 g/mol. The first kappa shape index (κ1) is 128. The average molecular weight is 1810 g/mol. The second-order valence-electron chi connectivity index (χ2n) is 38.5. The van der Waals surface area contributed by atoms with Gasteiger partial charge < -0.3 is 0 Å². The number of fused-ring (bicyclic) bond motifs is 9. The van der Waals surface area contributed by atoms with Gasteiger partial charge in [0.1, 0.15) is 0 Å². The van der Waals surface area contributed by atoms with Gasteiger partial charge in [0.2, 0.25) is 0 Å². The van der Waals surface area contributed by atoms with E-state index in [1.807, 2.05) is 30.3 Å². The zero-order valence-corrected chi connectivity index (χ0v) is 85.4. The Labute approximate surface area is 830 Å². The topological polar surface area (TPSA) is 0 Å². The van der Waals surface area contributed by atoms with E-state index in [4.69, 9.17) is 0 Å². The molecule has 0 amide bonds. The fourth-order valence-corrected chi connectivity index (χ4v) is 12.6. The molecule has 6 aliphatic rings. The van der Waals surface area contributed by atoms with Crippen molar-refractivity contribution < 1.29 is 0 Å². The minimum atomic E-state index is 0. The van der Waals surface area contributed by atoms with Crippen LogP contribution in [0, 0.1) is 60.2 Å². The maximum atomic E-state index is 2.28. The molecular formula is C135H188. The first-order valence-corrected chi connectivity index (χ1v) is 48.5. The highest BCUT2D eigenvalue weighted by Crippen LogP contribution is 2.28. The number of rotatable bonds is 4. The van der Waals surface area contributed by atoms with Gasteiger partial charge in [0.05, 0.1) is 0 Å². The average Bonchev–Trinajstić information content (AvgIpc) is 1.55. The molecule has 6 aliphatic carbocycles. The lowest BCUT2D eigenvalue weighted by Gasteiger charge is -2.06. The normalized spacial score (nSPS) is 12.2. The molecule has 0 saturated heterocycles. The molecule has 0 aliphatic heterocycles. The number of allylic oxidation sites excluding steroid dienone is 17. The molecule has 1 atom stereocenters. The van der Waals surface area contributed by atoms with Crippen LogP contribution in [0.5, 0.6) is 0 Å². The van der Waals surface area contributed by atoms with Gasteiger partial charge in [-0.15, -0.1) is 0 Å². The van der Waals surface area contributed by atoms with Crippen LogP contribution in [0.15, 0.2) is 411 Å². The molecule has 0 saturated carbocycles. The highest BCUT2D eigenvalue weighted by Gasteiger charge is 2.10. The molecule has 0 heteroatoms. The molecule has 0 bridgehead atoms. The predicted octanol–water partition coefficient (Wildman–Crippen LogP) is 41.8. The fourth-order valence-electron chi connectivity index (χ4n) is 12.6. The van der Waals surface area contributed by atoms with Crippen molar-refractivity contribution in [1.82, 2.24) is 0 Å². The number of aryl methyl sites for hydroxylation is 1. The molecule has 728 valence electrons. The van der Waals surface area contributed by atoms with E-state index < -0.39 is 0 Å². The Morgan fingerprint density at radius 3 is 0.889 bits per heavy atom. The number of benzene rings is 13. The molecule has 1 unspecified atom stereocenters. The van der Waals surface area contributed by atoms with Gasteiger partial charge in [0.25, 0.3) is 0 Å². The molecule has 135 heavy (non-hydrogen) atoms. The summed E-state index contributed by atoms with van der Waals surface area (Å²) in [6.07, 6.45) is 41.7. The Kier molecular flexibility index (Phi) is 72.6. The summed E-state index contributed by atoms with van der Waals surface area (Å²) in [5.41, 5.74) is 11.5. The first-order chi connectivity index (χ1) is 62.3. The second-order valence-corrected chi connectivity index (χ2v) is 38.5. The SMILES string of the molecule is C.C.C.C.C.C1=CC2=CC=CC2C=C1.C1=Cc2ccccc2C1.C1=c2ccccc2=CC1.CC(C)C.CC(C)C.CC(C)C.CC(C)C.CC(C)C.CC(C)C.CC(C)C1=CC=CC1.CC(C)C1=CCC=C1.CC(C)c1ccccc1.CC(C)c1ccccc1.Cc1ccccc1.c1ccc2c(c1)ccc1ccccc12.c1ccc2cc3ccccc3cc2c1.c1ccc2ccccc2c1. The molecule has 0 spiro atoms. The largest absolute Gasteiger partial charge is 0.0805 e. The Bertz CT molecular complexity index is 5190. The summed E-state index contributed by atoms with van der Waals surface area (Å²) in [4.78, 5) is 0. The van der Waals surface area contributed by atoms with E-state index in [0.29, 0.717) is 23.7 Å². The van der Waals surface area contributed by atoms with E-state index in [1.54, 1.807) is 5.57 Å². The van der Waals surface area contributed by atoms with Crippen molar-refractivity contribution in [3.8, 4) is 0 Å². The van der Waals surface area contributed by atoms with Crippen molar-refractivity contribution in [2.45, 2.75) is 262 Å². The van der Waals surface area contributed by atoms with E-state index in [0.717, 1.165) is 60.7 Å². The summed E-state index contributed by atoms with van der Waals surface area (Å²) >= 11 is 0. The summed E-state index contributed by atoms with van der Waals surface area (Å²) in [5.74, 6) is 8.35. The molecule has 0 heterocycles. The van der Waals surface area contributed by atoms with Crippen molar-refractivity contribution in [1.29, 1.82) is 0 Å². The maximum absolute atomic E-state index is 2.28. The van der Waals surface area contributed by atoms with Crippen molar-refractivity contribution in [2.24, 2.45) is 53.3 Å². The highest BCUT2D eigenvalue weighted by molar-refractivity contribution is 6.07. The van der Waals surface area contributed by atoms with Crippen LogP contribution < -0.4 is 10.4 Å². The molecule has 13 aromatic carbocycles. The summed E-state index contributed by atoms with van der Waals surface area (Å²) in [7, 11) is 0.